The third-order valence-electron chi connectivity index (χ3n) is 4.72. The summed E-state index contributed by atoms with van der Waals surface area (Å²) in [5.74, 6) is 1.01. The zero-order valence-corrected chi connectivity index (χ0v) is 14.6. The summed E-state index contributed by atoms with van der Waals surface area (Å²) >= 11 is 0. The first-order valence-corrected chi connectivity index (χ1v) is 8.13. The number of phenolic OH excluding ortho intramolecular Hbond substituents is 1. The summed E-state index contributed by atoms with van der Waals surface area (Å²) in [7, 11) is -0.366. The van der Waals surface area contributed by atoms with Crippen LogP contribution in [0.3, 0.4) is 0 Å². The van der Waals surface area contributed by atoms with Crippen molar-refractivity contribution in [3.8, 4) is 11.5 Å². The smallest absolute Gasteiger partial charge is 0.494 e. The molecule has 1 N–H and O–H groups in total. The largest absolute Gasteiger partial charge is 0.508 e. The van der Waals surface area contributed by atoms with Crippen LogP contribution in [0.1, 0.15) is 33.3 Å². The molecule has 24 heavy (non-hydrogen) atoms. The fraction of sp³-hybridized carbons (Fsp3) is 0.368. The minimum atomic E-state index is -0.366. The molecule has 0 spiro atoms. The third-order valence-corrected chi connectivity index (χ3v) is 4.72. The number of phenols is 1. The van der Waals surface area contributed by atoms with Gasteiger partial charge in [0, 0.05) is 0 Å². The Morgan fingerprint density at radius 2 is 1.58 bits per heavy atom. The molecule has 0 bridgehead atoms. The minimum absolute atomic E-state index is 0.243. The lowest BCUT2D eigenvalue weighted by Gasteiger charge is -2.32. The Hall–Kier alpha value is -1.98. The average Bonchev–Trinajstić information content (AvgIpc) is 2.74. The van der Waals surface area contributed by atoms with E-state index in [2.05, 4.69) is 0 Å². The lowest BCUT2D eigenvalue weighted by molar-refractivity contribution is 0.00578. The van der Waals surface area contributed by atoms with Gasteiger partial charge in [0.05, 0.1) is 11.2 Å². The van der Waals surface area contributed by atoms with E-state index < -0.39 is 0 Å². The summed E-state index contributed by atoms with van der Waals surface area (Å²) in [5.41, 5.74) is 1.20. The summed E-state index contributed by atoms with van der Waals surface area (Å²) in [6, 6.07) is 14.8. The number of aromatic hydroxyl groups is 1. The molecule has 1 fully saturated rings. The van der Waals surface area contributed by atoms with Crippen molar-refractivity contribution in [3.05, 3.63) is 54.1 Å². The Morgan fingerprint density at radius 1 is 0.958 bits per heavy atom. The van der Waals surface area contributed by atoms with Crippen LogP contribution in [0, 0.1) is 0 Å². The maximum Gasteiger partial charge on any atom is 0.494 e. The van der Waals surface area contributed by atoms with E-state index in [0.717, 1.165) is 16.8 Å². The second kappa shape index (κ2) is 6.15. The Bertz CT molecular complexity index is 694. The number of hydrogen-bond donors (Lipinski definition) is 1. The molecular formula is C19H23BO4. The minimum Gasteiger partial charge on any atom is -0.508 e. The lowest BCUT2D eigenvalue weighted by Crippen LogP contribution is -2.41. The quantitative estimate of drug-likeness (QED) is 0.876. The van der Waals surface area contributed by atoms with Crippen LogP contribution in [0.15, 0.2) is 48.5 Å². The zero-order chi connectivity index (χ0) is 17.4. The van der Waals surface area contributed by atoms with Gasteiger partial charge in [0.1, 0.15) is 18.1 Å². The highest BCUT2D eigenvalue weighted by Gasteiger charge is 2.51. The Kier molecular flexibility index (Phi) is 4.32. The van der Waals surface area contributed by atoms with Gasteiger partial charge in [-0.3, -0.25) is 0 Å². The zero-order valence-electron chi connectivity index (χ0n) is 14.6. The van der Waals surface area contributed by atoms with E-state index in [0.29, 0.717) is 6.61 Å². The molecule has 0 aliphatic carbocycles. The van der Waals surface area contributed by atoms with Crippen molar-refractivity contribution in [1.82, 2.24) is 0 Å². The standard InChI is InChI=1S/C19H23BO4/c1-18(2)19(3,4)24-20(23-18)15-8-10-17(11-9-15)22-13-14-6-5-7-16(21)12-14/h5-12,21H,13H2,1-4H3. The van der Waals surface area contributed by atoms with Crippen molar-refractivity contribution in [2.45, 2.75) is 45.5 Å². The van der Waals surface area contributed by atoms with Crippen molar-refractivity contribution < 1.29 is 19.2 Å². The fourth-order valence-corrected chi connectivity index (χ4v) is 2.51. The number of rotatable bonds is 4. The monoisotopic (exact) mass is 326 g/mol. The second-order valence-electron chi connectivity index (χ2n) is 7.12. The SMILES string of the molecule is CC1(C)OB(c2ccc(OCc3cccc(O)c3)cc2)OC1(C)C. The molecule has 1 saturated heterocycles. The van der Waals surface area contributed by atoms with Gasteiger partial charge in [0.15, 0.2) is 0 Å². The maximum atomic E-state index is 9.47. The molecule has 2 aromatic carbocycles. The predicted octanol–water partition coefficient (Wildman–Crippen LogP) is 3.27. The van der Waals surface area contributed by atoms with Crippen molar-refractivity contribution in [1.29, 1.82) is 0 Å². The number of hydrogen-bond acceptors (Lipinski definition) is 4. The molecule has 0 radical (unpaired) electrons. The summed E-state index contributed by atoms with van der Waals surface area (Å²) < 4.78 is 17.8. The van der Waals surface area contributed by atoms with Gasteiger partial charge in [-0.25, -0.2) is 0 Å². The third kappa shape index (κ3) is 3.42. The first kappa shape index (κ1) is 16.9. The summed E-state index contributed by atoms with van der Waals surface area (Å²) in [4.78, 5) is 0. The Balaban J connectivity index is 1.64. The molecule has 5 heteroatoms. The fourth-order valence-electron chi connectivity index (χ4n) is 2.51. The molecule has 0 aromatic heterocycles. The molecule has 4 nitrogen and oxygen atoms in total. The van der Waals surface area contributed by atoms with Gasteiger partial charge in [-0.1, -0.05) is 24.3 Å². The van der Waals surface area contributed by atoms with E-state index in [4.69, 9.17) is 14.0 Å². The molecule has 2 aromatic rings. The summed E-state index contributed by atoms with van der Waals surface area (Å²) in [6.45, 7) is 8.57. The van der Waals surface area contributed by atoms with Crippen LogP contribution in [0.2, 0.25) is 0 Å². The molecule has 0 saturated carbocycles. The molecule has 0 unspecified atom stereocenters. The second-order valence-corrected chi connectivity index (χ2v) is 7.12. The molecule has 1 heterocycles. The van der Waals surface area contributed by atoms with E-state index in [1.54, 1.807) is 18.2 Å². The maximum absolute atomic E-state index is 9.47. The van der Waals surface area contributed by atoms with Crippen LogP contribution in [-0.4, -0.2) is 23.4 Å². The van der Waals surface area contributed by atoms with Gasteiger partial charge in [0.2, 0.25) is 0 Å². The van der Waals surface area contributed by atoms with E-state index in [1.807, 2.05) is 58.0 Å². The molecule has 3 rings (SSSR count). The van der Waals surface area contributed by atoms with Crippen LogP contribution >= 0.6 is 0 Å². The molecule has 0 atom stereocenters. The topological polar surface area (TPSA) is 47.9 Å². The van der Waals surface area contributed by atoms with Crippen LogP contribution in [0.5, 0.6) is 11.5 Å². The van der Waals surface area contributed by atoms with Crippen molar-refractivity contribution in [2.75, 3.05) is 0 Å². The van der Waals surface area contributed by atoms with Gasteiger partial charge in [-0.05, 0) is 63.0 Å². The van der Waals surface area contributed by atoms with E-state index >= 15 is 0 Å². The molecular weight excluding hydrogens is 303 g/mol. The van der Waals surface area contributed by atoms with E-state index in [1.165, 1.54) is 0 Å². The van der Waals surface area contributed by atoms with Gasteiger partial charge in [-0.2, -0.15) is 0 Å². The Labute approximate surface area is 143 Å². The van der Waals surface area contributed by atoms with Crippen LogP contribution in [0.25, 0.3) is 0 Å². The highest BCUT2D eigenvalue weighted by molar-refractivity contribution is 6.62. The van der Waals surface area contributed by atoms with E-state index in [9.17, 15) is 5.11 Å². The van der Waals surface area contributed by atoms with Crippen molar-refractivity contribution >= 4 is 12.6 Å². The van der Waals surface area contributed by atoms with E-state index in [-0.39, 0.29) is 24.1 Å². The van der Waals surface area contributed by atoms with Gasteiger partial charge in [0.25, 0.3) is 0 Å². The highest BCUT2D eigenvalue weighted by Crippen LogP contribution is 2.36. The first-order chi connectivity index (χ1) is 11.3. The van der Waals surface area contributed by atoms with Gasteiger partial charge >= 0.3 is 7.12 Å². The summed E-state index contributed by atoms with van der Waals surface area (Å²) in [5, 5.41) is 9.47. The lowest BCUT2D eigenvalue weighted by atomic mass is 9.79. The normalized spacial score (nSPS) is 18.6. The van der Waals surface area contributed by atoms with Crippen LogP contribution in [-0.2, 0) is 15.9 Å². The van der Waals surface area contributed by atoms with Gasteiger partial charge < -0.3 is 19.2 Å². The molecule has 0 amide bonds. The predicted molar refractivity (Wildman–Crippen MR) is 94.6 cm³/mol. The van der Waals surface area contributed by atoms with Crippen LogP contribution in [0.4, 0.5) is 0 Å². The van der Waals surface area contributed by atoms with Crippen molar-refractivity contribution in [3.63, 3.8) is 0 Å². The van der Waals surface area contributed by atoms with Crippen LogP contribution < -0.4 is 10.2 Å². The molecule has 126 valence electrons. The summed E-state index contributed by atoms with van der Waals surface area (Å²) in [6.07, 6.45) is 0. The number of benzene rings is 2. The average molecular weight is 326 g/mol. The molecule has 1 aliphatic heterocycles. The number of ether oxygens (including phenoxy) is 1. The van der Waals surface area contributed by atoms with Gasteiger partial charge in [-0.15, -0.1) is 0 Å². The Morgan fingerprint density at radius 3 is 2.17 bits per heavy atom. The van der Waals surface area contributed by atoms with Crippen molar-refractivity contribution in [2.24, 2.45) is 0 Å². The molecule has 1 aliphatic rings. The highest BCUT2D eigenvalue weighted by atomic mass is 16.7. The first-order valence-electron chi connectivity index (χ1n) is 8.13.